The van der Waals surface area contributed by atoms with Crippen molar-refractivity contribution in [2.75, 3.05) is 0 Å². The van der Waals surface area contributed by atoms with Gasteiger partial charge in [-0.25, -0.2) is 8.78 Å². The van der Waals surface area contributed by atoms with Gasteiger partial charge in [0, 0.05) is 0 Å². The molecule has 0 unspecified atom stereocenters. The molecule has 0 N–H and O–H groups in total. The van der Waals surface area contributed by atoms with Crippen molar-refractivity contribution in [1.29, 1.82) is 5.26 Å². The molecular formula is C23H29F2N. The molecule has 1 nitrogen and oxygen atoms in total. The second kappa shape index (κ2) is 9.31. The molecule has 1 aromatic carbocycles. The van der Waals surface area contributed by atoms with Gasteiger partial charge in [-0.1, -0.05) is 25.0 Å². The molecule has 0 amide bonds. The Balaban J connectivity index is 1.40. The zero-order valence-corrected chi connectivity index (χ0v) is 15.5. The van der Waals surface area contributed by atoms with E-state index in [-0.39, 0.29) is 11.4 Å². The maximum Gasteiger partial charge on any atom is 0.141 e. The van der Waals surface area contributed by atoms with Crippen LogP contribution in [-0.2, 0) is 0 Å². The average molecular weight is 357 g/mol. The minimum atomic E-state index is -0.384. The fourth-order valence-electron chi connectivity index (χ4n) is 4.90. The Morgan fingerprint density at radius 1 is 0.962 bits per heavy atom. The lowest BCUT2D eigenvalue weighted by Gasteiger charge is -2.31. The van der Waals surface area contributed by atoms with E-state index in [4.69, 9.17) is 5.26 Å². The minimum absolute atomic E-state index is 0.138. The van der Waals surface area contributed by atoms with E-state index >= 15 is 0 Å². The number of rotatable bonds is 5. The van der Waals surface area contributed by atoms with Crippen LogP contribution < -0.4 is 0 Å². The number of benzene rings is 1. The summed E-state index contributed by atoms with van der Waals surface area (Å²) in [7, 11) is 0. The Bertz CT molecular complexity index is 645. The zero-order valence-electron chi connectivity index (χ0n) is 15.5. The molecule has 0 bridgehead atoms. The minimum Gasteiger partial charge on any atom is -0.216 e. The number of allylic oxidation sites excluding steroid dienone is 1. The topological polar surface area (TPSA) is 23.8 Å². The average Bonchev–Trinajstić information content (AvgIpc) is 2.68. The maximum atomic E-state index is 13.8. The molecule has 0 radical (unpaired) electrons. The van der Waals surface area contributed by atoms with E-state index < -0.39 is 0 Å². The van der Waals surface area contributed by atoms with Crippen molar-refractivity contribution in [2.24, 2.45) is 17.8 Å². The van der Waals surface area contributed by atoms with Crippen molar-refractivity contribution in [2.45, 2.75) is 70.1 Å². The van der Waals surface area contributed by atoms with Crippen molar-refractivity contribution in [3.05, 3.63) is 47.5 Å². The summed E-state index contributed by atoms with van der Waals surface area (Å²) in [5, 5.41) is 8.85. The van der Waals surface area contributed by atoms with Crippen LogP contribution in [0.1, 0.15) is 81.3 Å². The highest BCUT2D eigenvalue weighted by atomic mass is 19.1. The van der Waals surface area contributed by atoms with Crippen molar-refractivity contribution in [1.82, 2.24) is 0 Å². The largest absolute Gasteiger partial charge is 0.216 e. The molecule has 0 aromatic heterocycles. The fourth-order valence-corrected chi connectivity index (χ4v) is 4.90. The monoisotopic (exact) mass is 357 g/mol. The van der Waals surface area contributed by atoms with Gasteiger partial charge in [-0.3, -0.25) is 0 Å². The summed E-state index contributed by atoms with van der Waals surface area (Å²) in [4.78, 5) is 0. The first-order valence-corrected chi connectivity index (χ1v) is 10.2. The molecule has 0 heterocycles. The zero-order chi connectivity index (χ0) is 18.4. The predicted molar refractivity (Wildman–Crippen MR) is 101 cm³/mol. The van der Waals surface area contributed by atoms with Gasteiger partial charge < -0.3 is 0 Å². The first-order valence-electron chi connectivity index (χ1n) is 10.2. The number of hydrogen-bond acceptors (Lipinski definition) is 1. The molecule has 140 valence electrons. The highest BCUT2D eigenvalue weighted by molar-refractivity contribution is 5.34. The van der Waals surface area contributed by atoms with Crippen LogP contribution in [0.4, 0.5) is 8.78 Å². The molecule has 2 saturated carbocycles. The molecule has 0 atom stereocenters. The number of hydrogen-bond donors (Lipinski definition) is 0. The molecule has 3 heteroatoms. The van der Waals surface area contributed by atoms with Crippen LogP contribution in [0.2, 0.25) is 0 Å². The Morgan fingerprint density at radius 3 is 2.12 bits per heavy atom. The third-order valence-corrected chi connectivity index (χ3v) is 6.65. The Kier molecular flexibility index (Phi) is 6.83. The van der Waals surface area contributed by atoms with E-state index in [1.54, 1.807) is 18.2 Å². The van der Waals surface area contributed by atoms with E-state index in [9.17, 15) is 8.78 Å². The third-order valence-electron chi connectivity index (χ3n) is 6.65. The second-order valence-electron chi connectivity index (χ2n) is 8.25. The second-order valence-corrected chi connectivity index (χ2v) is 8.25. The Morgan fingerprint density at radius 2 is 1.58 bits per heavy atom. The van der Waals surface area contributed by atoms with E-state index in [1.165, 1.54) is 38.5 Å². The van der Waals surface area contributed by atoms with Gasteiger partial charge in [-0.15, -0.1) is 0 Å². The lowest BCUT2D eigenvalue weighted by Crippen LogP contribution is -2.17. The van der Waals surface area contributed by atoms with Gasteiger partial charge in [0.25, 0.3) is 0 Å². The van der Waals surface area contributed by atoms with Gasteiger partial charge in [0.1, 0.15) is 11.9 Å². The highest BCUT2D eigenvalue weighted by Crippen LogP contribution is 2.40. The molecule has 1 aromatic rings. The summed E-state index contributed by atoms with van der Waals surface area (Å²) >= 11 is 0. The fraction of sp³-hybridized carbons (Fsp3) is 0.609. The summed E-state index contributed by atoms with van der Waals surface area (Å²) in [5.41, 5.74) is 1.19. The lowest BCUT2D eigenvalue weighted by molar-refractivity contribution is 0.245. The van der Waals surface area contributed by atoms with E-state index in [0.29, 0.717) is 18.2 Å². The SMILES string of the molecule is N#Cc1ccc(C2CCC(CCC3CCC(/C=C/F)CC3)CC2)cc1F. The molecule has 0 spiro atoms. The molecule has 26 heavy (non-hydrogen) atoms. The van der Waals surface area contributed by atoms with E-state index in [0.717, 1.165) is 43.1 Å². The lowest BCUT2D eigenvalue weighted by atomic mass is 9.74. The van der Waals surface area contributed by atoms with Gasteiger partial charge in [0.2, 0.25) is 0 Å². The first kappa shape index (κ1) is 19.1. The normalized spacial score (nSPS) is 29.6. The smallest absolute Gasteiger partial charge is 0.141 e. The third kappa shape index (κ3) is 4.93. The molecule has 2 aliphatic carbocycles. The van der Waals surface area contributed by atoms with Crippen LogP contribution in [0, 0.1) is 34.9 Å². The molecule has 0 saturated heterocycles. The van der Waals surface area contributed by atoms with Crippen LogP contribution in [0.15, 0.2) is 30.6 Å². The molecular weight excluding hydrogens is 328 g/mol. The summed E-state index contributed by atoms with van der Waals surface area (Å²) < 4.78 is 26.1. The summed E-state index contributed by atoms with van der Waals surface area (Å²) in [6, 6.07) is 7.00. The van der Waals surface area contributed by atoms with Crippen molar-refractivity contribution in [3.63, 3.8) is 0 Å². The van der Waals surface area contributed by atoms with Gasteiger partial charge >= 0.3 is 0 Å². The van der Waals surface area contributed by atoms with Crippen LogP contribution >= 0.6 is 0 Å². The predicted octanol–water partition coefficient (Wildman–Crippen LogP) is 7.04. The van der Waals surface area contributed by atoms with Gasteiger partial charge in [0.05, 0.1) is 11.9 Å². The van der Waals surface area contributed by atoms with Crippen molar-refractivity contribution >= 4 is 0 Å². The maximum absolute atomic E-state index is 13.8. The van der Waals surface area contributed by atoms with Crippen LogP contribution in [-0.4, -0.2) is 0 Å². The van der Waals surface area contributed by atoms with Gasteiger partial charge in [-0.2, -0.15) is 5.26 Å². The van der Waals surface area contributed by atoms with Crippen LogP contribution in [0.5, 0.6) is 0 Å². The molecule has 2 aliphatic rings. The van der Waals surface area contributed by atoms with E-state index in [2.05, 4.69) is 0 Å². The Labute approximate surface area is 156 Å². The number of nitriles is 1. The van der Waals surface area contributed by atoms with Crippen LogP contribution in [0.3, 0.4) is 0 Å². The summed E-state index contributed by atoms with van der Waals surface area (Å²) in [6.07, 6.45) is 14.5. The quantitative estimate of drug-likeness (QED) is 0.554. The number of halogens is 2. The highest BCUT2D eigenvalue weighted by Gasteiger charge is 2.25. The van der Waals surface area contributed by atoms with Crippen molar-refractivity contribution < 1.29 is 8.78 Å². The van der Waals surface area contributed by atoms with E-state index in [1.807, 2.05) is 12.1 Å². The van der Waals surface area contributed by atoms with Crippen molar-refractivity contribution in [3.8, 4) is 6.07 Å². The first-order chi connectivity index (χ1) is 12.7. The van der Waals surface area contributed by atoms with Gasteiger partial charge in [0.15, 0.2) is 0 Å². The molecule has 3 rings (SSSR count). The molecule has 2 fully saturated rings. The summed E-state index contributed by atoms with van der Waals surface area (Å²) in [6.45, 7) is 0. The Hall–Kier alpha value is -1.69. The molecule has 0 aliphatic heterocycles. The number of nitrogens with zero attached hydrogens (tertiary/aromatic N) is 1. The van der Waals surface area contributed by atoms with Gasteiger partial charge in [-0.05, 0) is 92.7 Å². The van der Waals surface area contributed by atoms with Crippen LogP contribution in [0.25, 0.3) is 0 Å². The summed E-state index contributed by atoms with van der Waals surface area (Å²) in [5.74, 6) is 2.14. The standard InChI is InChI=1S/C23H29F2N/c24-14-13-19-5-3-17(4-6-19)1-2-18-7-9-20(10-8-18)21-11-12-22(16-26)23(25)15-21/h11-15,17-20H,1-10H2/b14-13+.